The van der Waals surface area contributed by atoms with Gasteiger partial charge in [-0.3, -0.25) is 0 Å². The summed E-state index contributed by atoms with van der Waals surface area (Å²) in [4.78, 5) is 8.24. The molecule has 3 rings (SSSR count). The Balaban J connectivity index is 1.59. The molecule has 0 bridgehead atoms. The number of ether oxygens (including phenoxy) is 2. The number of rotatable bonds is 7. The van der Waals surface area contributed by atoms with Crippen molar-refractivity contribution in [1.82, 2.24) is 9.97 Å². The van der Waals surface area contributed by atoms with Crippen LogP contribution in [0.5, 0.6) is 17.4 Å². The summed E-state index contributed by atoms with van der Waals surface area (Å²) in [5.74, 6) is 0.679. The van der Waals surface area contributed by atoms with E-state index in [9.17, 15) is 17.6 Å². The molecule has 5 nitrogen and oxygen atoms in total. The van der Waals surface area contributed by atoms with Crippen LogP contribution in [0.25, 0.3) is 0 Å². The Kier molecular flexibility index (Phi) is 5.93. The Morgan fingerprint density at radius 3 is 2.50 bits per heavy atom. The molecule has 0 amide bonds. The van der Waals surface area contributed by atoms with Gasteiger partial charge in [-0.2, -0.15) is 18.2 Å². The van der Waals surface area contributed by atoms with Crippen molar-refractivity contribution in [2.75, 3.05) is 11.9 Å². The Bertz CT molecular complexity index is 918. The van der Waals surface area contributed by atoms with E-state index in [4.69, 9.17) is 9.47 Å². The van der Waals surface area contributed by atoms with Gasteiger partial charge in [0.2, 0.25) is 11.8 Å². The van der Waals surface area contributed by atoms with Crippen LogP contribution < -0.4 is 14.8 Å². The summed E-state index contributed by atoms with van der Waals surface area (Å²) in [5.41, 5.74) is 0.688. The fourth-order valence-corrected chi connectivity index (χ4v) is 2.20. The number of hydrogen-bond donors (Lipinski definition) is 1. The van der Waals surface area contributed by atoms with Crippen LogP contribution in [0.1, 0.15) is 5.56 Å². The smallest absolute Gasteiger partial charge is 0.422 e. The van der Waals surface area contributed by atoms with E-state index in [2.05, 4.69) is 15.3 Å². The van der Waals surface area contributed by atoms with Crippen LogP contribution in [0, 0.1) is 5.82 Å². The van der Waals surface area contributed by atoms with Gasteiger partial charge in [-0.25, -0.2) is 9.37 Å². The van der Waals surface area contributed by atoms with Crippen LogP contribution >= 0.6 is 0 Å². The molecule has 1 heterocycles. The molecule has 0 saturated carbocycles. The van der Waals surface area contributed by atoms with Gasteiger partial charge in [0.1, 0.15) is 17.3 Å². The molecule has 1 aromatic heterocycles. The Labute approximate surface area is 158 Å². The van der Waals surface area contributed by atoms with Crippen LogP contribution in [-0.2, 0) is 6.54 Å². The summed E-state index contributed by atoms with van der Waals surface area (Å²) in [5, 5.41) is 2.96. The highest BCUT2D eigenvalue weighted by atomic mass is 19.4. The number of halogens is 4. The zero-order valence-corrected chi connectivity index (χ0v) is 14.4. The van der Waals surface area contributed by atoms with Crippen molar-refractivity contribution < 1.29 is 27.0 Å². The lowest BCUT2D eigenvalue weighted by Gasteiger charge is -2.11. The number of hydrogen-bond acceptors (Lipinski definition) is 5. The molecule has 146 valence electrons. The Morgan fingerprint density at radius 1 is 0.964 bits per heavy atom. The van der Waals surface area contributed by atoms with Gasteiger partial charge in [0.05, 0.1) is 0 Å². The first-order valence-electron chi connectivity index (χ1n) is 8.16. The molecule has 9 heteroatoms. The maximum Gasteiger partial charge on any atom is 0.422 e. The number of benzene rings is 2. The van der Waals surface area contributed by atoms with E-state index < -0.39 is 12.8 Å². The van der Waals surface area contributed by atoms with Gasteiger partial charge in [-0.05, 0) is 42.0 Å². The first kappa shape index (κ1) is 19.4. The summed E-state index contributed by atoms with van der Waals surface area (Å²) in [6.07, 6.45) is -2.91. The minimum absolute atomic E-state index is 0.117. The quantitative estimate of drug-likeness (QED) is 0.575. The molecule has 3 aromatic rings. The Hall–Kier alpha value is -3.36. The largest absolute Gasteiger partial charge is 0.484 e. The highest BCUT2D eigenvalue weighted by Gasteiger charge is 2.28. The topological polar surface area (TPSA) is 56.3 Å². The molecule has 2 aromatic carbocycles. The third-order valence-corrected chi connectivity index (χ3v) is 3.42. The Morgan fingerprint density at radius 2 is 1.75 bits per heavy atom. The fraction of sp³-hybridized carbons (Fsp3) is 0.158. The second kappa shape index (κ2) is 8.55. The highest BCUT2D eigenvalue weighted by molar-refractivity contribution is 5.34. The lowest BCUT2D eigenvalue weighted by atomic mass is 10.2. The fourth-order valence-electron chi connectivity index (χ4n) is 2.20. The van der Waals surface area contributed by atoms with Gasteiger partial charge in [-0.15, -0.1) is 0 Å². The van der Waals surface area contributed by atoms with E-state index in [0.29, 0.717) is 11.3 Å². The maximum atomic E-state index is 12.9. The predicted molar refractivity (Wildman–Crippen MR) is 93.8 cm³/mol. The van der Waals surface area contributed by atoms with Crippen LogP contribution in [0.4, 0.5) is 23.5 Å². The molecular formula is C19H15F4N3O2. The van der Waals surface area contributed by atoms with Crippen molar-refractivity contribution >= 4 is 5.95 Å². The van der Waals surface area contributed by atoms with Crippen molar-refractivity contribution in [2.24, 2.45) is 0 Å². The molecule has 0 atom stereocenters. The zero-order valence-electron chi connectivity index (χ0n) is 14.4. The second-order valence-electron chi connectivity index (χ2n) is 5.68. The van der Waals surface area contributed by atoms with E-state index in [1.165, 1.54) is 42.6 Å². The normalized spacial score (nSPS) is 11.1. The van der Waals surface area contributed by atoms with E-state index >= 15 is 0 Å². The molecule has 1 N–H and O–H groups in total. The molecule has 0 unspecified atom stereocenters. The molecule has 0 spiro atoms. The predicted octanol–water partition coefficient (Wildman–Crippen LogP) is 4.96. The zero-order chi connectivity index (χ0) is 20.0. The summed E-state index contributed by atoms with van der Waals surface area (Å²) in [6, 6.07) is 13.3. The van der Waals surface area contributed by atoms with Crippen LogP contribution in [-0.4, -0.2) is 22.8 Å². The third kappa shape index (κ3) is 6.11. The monoisotopic (exact) mass is 393 g/mol. The average Bonchev–Trinajstić information content (AvgIpc) is 2.67. The van der Waals surface area contributed by atoms with Gasteiger partial charge < -0.3 is 14.8 Å². The summed E-state index contributed by atoms with van der Waals surface area (Å²) < 4.78 is 59.9. The average molecular weight is 393 g/mol. The molecule has 0 aliphatic rings. The van der Waals surface area contributed by atoms with Crippen LogP contribution in [0.15, 0.2) is 60.8 Å². The van der Waals surface area contributed by atoms with Crippen LogP contribution in [0.2, 0.25) is 0 Å². The third-order valence-electron chi connectivity index (χ3n) is 3.42. The van der Waals surface area contributed by atoms with Gasteiger partial charge in [0, 0.05) is 18.8 Å². The number of nitrogens with one attached hydrogen (secondary N) is 1. The first-order valence-corrected chi connectivity index (χ1v) is 8.16. The lowest BCUT2D eigenvalue weighted by Crippen LogP contribution is -2.19. The van der Waals surface area contributed by atoms with E-state index in [0.717, 1.165) is 0 Å². The molecule has 0 aliphatic carbocycles. The van der Waals surface area contributed by atoms with Gasteiger partial charge in [0.25, 0.3) is 0 Å². The maximum absolute atomic E-state index is 12.9. The number of alkyl halides is 3. The van der Waals surface area contributed by atoms with Crippen LogP contribution in [0.3, 0.4) is 0 Å². The summed E-state index contributed by atoms with van der Waals surface area (Å²) in [7, 11) is 0. The SMILES string of the molecule is Fc1ccc(Oc2ccnc(NCc3cccc(OCC(F)(F)F)c3)n2)cc1. The number of anilines is 1. The molecule has 28 heavy (non-hydrogen) atoms. The molecule has 0 aliphatic heterocycles. The second-order valence-corrected chi connectivity index (χ2v) is 5.68. The van der Waals surface area contributed by atoms with Gasteiger partial charge >= 0.3 is 6.18 Å². The van der Waals surface area contributed by atoms with E-state index in [1.807, 2.05) is 0 Å². The van der Waals surface area contributed by atoms with Gasteiger partial charge in [-0.1, -0.05) is 12.1 Å². The lowest BCUT2D eigenvalue weighted by molar-refractivity contribution is -0.153. The van der Waals surface area contributed by atoms with Crippen molar-refractivity contribution in [1.29, 1.82) is 0 Å². The van der Waals surface area contributed by atoms with E-state index in [1.54, 1.807) is 18.2 Å². The summed E-state index contributed by atoms with van der Waals surface area (Å²) in [6.45, 7) is -1.08. The molecule has 0 saturated heterocycles. The molecule has 0 radical (unpaired) electrons. The molecular weight excluding hydrogens is 378 g/mol. The standard InChI is InChI=1S/C19H15F4N3O2/c20-14-4-6-15(7-5-14)28-17-8-9-24-18(26-17)25-11-13-2-1-3-16(10-13)27-12-19(21,22)23/h1-10H,11-12H2,(H,24,25,26). The summed E-state index contributed by atoms with van der Waals surface area (Å²) >= 11 is 0. The van der Waals surface area contributed by atoms with Crippen molar-refractivity contribution in [3.05, 3.63) is 72.2 Å². The van der Waals surface area contributed by atoms with Crippen molar-refractivity contribution in [3.8, 4) is 17.4 Å². The minimum Gasteiger partial charge on any atom is -0.484 e. The van der Waals surface area contributed by atoms with Gasteiger partial charge in [0.15, 0.2) is 6.61 Å². The van der Waals surface area contributed by atoms with Crippen molar-refractivity contribution in [3.63, 3.8) is 0 Å². The minimum atomic E-state index is -4.40. The number of aromatic nitrogens is 2. The van der Waals surface area contributed by atoms with Crippen molar-refractivity contribution in [2.45, 2.75) is 12.7 Å². The number of nitrogens with zero attached hydrogens (tertiary/aromatic N) is 2. The highest BCUT2D eigenvalue weighted by Crippen LogP contribution is 2.21. The first-order chi connectivity index (χ1) is 13.4. The van der Waals surface area contributed by atoms with E-state index in [-0.39, 0.29) is 29.9 Å². The molecule has 0 fully saturated rings.